The smallest absolute Gasteiger partial charge is 0.236 e. The third-order valence-electron chi connectivity index (χ3n) is 2.02. The van der Waals surface area contributed by atoms with Crippen LogP contribution >= 0.6 is 11.8 Å². The molecule has 0 heterocycles. The van der Waals surface area contributed by atoms with E-state index in [2.05, 4.69) is 19.2 Å². The Balaban J connectivity index is 3.83. The van der Waals surface area contributed by atoms with E-state index in [0.29, 0.717) is 13.0 Å². The predicted molar refractivity (Wildman–Crippen MR) is 58.9 cm³/mol. The average Bonchev–Trinajstić information content (AvgIpc) is 2.13. The Kier molecular flexibility index (Phi) is 5.40. The van der Waals surface area contributed by atoms with Crippen molar-refractivity contribution in [2.24, 2.45) is 5.73 Å². The molecule has 13 heavy (non-hydrogen) atoms. The second-order valence-corrected chi connectivity index (χ2v) is 5.21. The van der Waals surface area contributed by atoms with Crippen LogP contribution in [-0.2, 0) is 4.79 Å². The van der Waals surface area contributed by atoms with Gasteiger partial charge in [-0.15, -0.1) is 0 Å². The molecule has 0 unspecified atom stereocenters. The van der Waals surface area contributed by atoms with Crippen LogP contribution in [-0.4, -0.2) is 29.5 Å². The Morgan fingerprint density at radius 2 is 2.15 bits per heavy atom. The first-order chi connectivity index (χ1) is 5.93. The highest BCUT2D eigenvalue weighted by atomic mass is 32.2. The average molecular weight is 204 g/mol. The minimum absolute atomic E-state index is 0.0513. The van der Waals surface area contributed by atoms with Crippen LogP contribution in [0.15, 0.2) is 0 Å². The molecule has 0 fully saturated rings. The van der Waals surface area contributed by atoms with E-state index < -0.39 is 0 Å². The van der Waals surface area contributed by atoms with Gasteiger partial charge >= 0.3 is 0 Å². The molecule has 0 saturated carbocycles. The molecule has 1 amide bonds. The molecule has 0 saturated heterocycles. The molecule has 0 radical (unpaired) electrons. The fraction of sp³-hybridized carbons (Fsp3) is 0.889. The highest BCUT2D eigenvalue weighted by Crippen LogP contribution is 2.19. The molecule has 0 aliphatic rings. The van der Waals surface area contributed by atoms with E-state index in [0.717, 1.165) is 0 Å². The van der Waals surface area contributed by atoms with Crippen molar-refractivity contribution in [2.75, 3.05) is 12.8 Å². The van der Waals surface area contributed by atoms with Gasteiger partial charge in [-0.05, 0) is 26.5 Å². The summed E-state index contributed by atoms with van der Waals surface area (Å²) in [6.07, 6.45) is 2.72. The van der Waals surface area contributed by atoms with Gasteiger partial charge in [0.25, 0.3) is 0 Å². The van der Waals surface area contributed by atoms with E-state index in [4.69, 9.17) is 5.73 Å². The molecule has 0 rings (SSSR count). The number of carbonyl (C=O) groups excluding carboxylic acids is 1. The summed E-state index contributed by atoms with van der Waals surface area (Å²) in [7, 11) is 0. The number of thioether (sulfide) groups is 1. The minimum atomic E-state index is -0.363. The third-order valence-corrected chi connectivity index (χ3v) is 3.27. The second kappa shape index (κ2) is 5.50. The molecule has 1 atom stereocenters. The maximum absolute atomic E-state index is 11.3. The van der Waals surface area contributed by atoms with Crippen molar-refractivity contribution < 1.29 is 4.79 Å². The van der Waals surface area contributed by atoms with Crippen LogP contribution in [0.2, 0.25) is 0 Å². The predicted octanol–water partition coefficient (Wildman–Crippen LogP) is 0.981. The van der Waals surface area contributed by atoms with Crippen molar-refractivity contribution in [3.05, 3.63) is 0 Å². The molecule has 0 aliphatic carbocycles. The summed E-state index contributed by atoms with van der Waals surface area (Å²) < 4.78 is 0.0864. The molecule has 78 valence electrons. The topological polar surface area (TPSA) is 55.1 Å². The van der Waals surface area contributed by atoms with Crippen molar-refractivity contribution in [2.45, 2.75) is 38.0 Å². The monoisotopic (exact) mass is 204 g/mol. The number of rotatable bonds is 5. The van der Waals surface area contributed by atoms with Crippen molar-refractivity contribution >= 4 is 17.7 Å². The van der Waals surface area contributed by atoms with Crippen LogP contribution in [0.25, 0.3) is 0 Å². The standard InChI is InChI=1S/C9H20N2OS/c1-5-7(10)8(12)11-6-9(2,3)13-4/h7H,5-6,10H2,1-4H3,(H,11,12)/t7-/m1/s1. The van der Waals surface area contributed by atoms with Gasteiger partial charge in [0, 0.05) is 11.3 Å². The number of hydrogen-bond acceptors (Lipinski definition) is 3. The number of carbonyl (C=O) groups is 1. The molecule has 0 spiro atoms. The summed E-state index contributed by atoms with van der Waals surface area (Å²) in [6.45, 7) is 6.76. The van der Waals surface area contributed by atoms with Gasteiger partial charge in [0.1, 0.15) is 0 Å². The molecule has 3 nitrogen and oxygen atoms in total. The largest absolute Gasteiger partial charge is 0.353 e. The van der Waals surface area contributed by atoms with Gasteiger partial charge in [-0.25, -0.2) is 0 Å². The van der Waals surface area contributed by atoms with E-state index in [1.807, 2.05) is 13.2 Å². The van der Waals surface area contributed by atoms with E-state index in [9.17, 15) is 4.79 Å². The molecule has 0 aromatic rings. The zero-order valence-corrected chi connectivity index (χ0v) is 9.70. The van der Waals surface area contributed by atoms with Gasteiger partial charge in [-0.1, -0.05) is 6.92 Å². The number of hydrogen-bond donors (Lipinski definition) is 2. The van der Waals surface area contributed by atoms with Gasteiger partial charge in [-0.3, -0.25) is 4.79 Å². The van der Waals surface area contributed by atoms with E-state index >= 15 is 0 Å². The summed E-state index contributed by atoms with van der Waals surface area (Å²) in [4.78, 5) is 11.3. The SMILES string of the molecule is CC[C@@H](N)C(=O)NCC(C)(C)SC. The van der Waals surface area contributed by atoms with E-state index in [1.165, 1.54) is 0 Å². The van der Waals surface area contributed by atoms with E-state index in [1.54, 1.807) is 11.8 Å². The molecular weight excluding hydrogens is 184 g/mol. The molecule has 0 bridgehead atoms. The molecule has 0 aliphatic heterocycles. The number of amides is 1. The first-order valence-corrected chi connectivity index (χ1v) is 5.74. The highest BCUT2D eigenvalue weighted by molar-refractivity contribution is 7.99. The van der Waals surface area contributed by atoms with Crippen LogP contribution < -0.4 is 11.1 Å². The molecule has 4 heteroatoms. The van der Waals surface area contributed by atoms with Crippen LogP contribution in [0, 0.1) is 0 Å². The van der Waals surface area contributed by atoms with E-state index in [-0.39, 0.29) is 16.7 Å². The maximum Gasteiger partial charge on any atom is 0.236 e. The Morgan fingerprint density at radius 1 is 1.62 bits per heavy atom. The van der Waals surface area contributed by atoms with Crippen molar-refractivity contribution in [3.63, 3.8) is 0 Å². The summed E-state index contributed by atoms with van der Waals surface area (Å²) >= 11 is 1.73. The Morgan fingerprint density at radius 3 is 2.54 bits per heavy atom. The highest BCUT2D eigenvalue weighted by Gasteiger charge is 2.18. The lowest BCUT2D eigenvalue weighted by Gasteiger charge is -2.23. The Labute approximate surface area is 84.8 Å². The zero-order valence-electron chi connectivity index (χ0n) is 8.89. The quantitative estimate of drug-likeness (QED) is 0.702. The lowest BCUT2D eigenvalue weighted by Crippen LogP contribution is -2.44. The molecule has 3 N–H and O–H groups in total. The fourth-order valence-corrected chi connectivity index (χ4v) is 0.905. The Bertz CT molecular complexity index is 171. The lowest BCUT2D eigenvalue weighted by molar-refractivity contribution is -0.122. The van der Waals surface area contributed by atoms with Crippen molar-refractivity contribution in [3.8, 4) is 0 Å². The van der Waals surface area contributed by atoms with Crippen LogP contribution in [0.3, 0.4) is 0 Å². The third kappa shape index (κ3) is 5.16. The maximum atomic E-state index is 11.3. The summed E-state index contributed by atoms with van der Waals surface area (Å²) in [6, 6.07) is -0.363. The van der Waals surface area contributed by atoms with Crippen LogP contribution in [0.4, 0.5) is 0 Å². The first-order valence-electron chi connectivity index (χ1n) is 4.51. The summed E-state index contributed by atoms with van der Waals surface area (Å²) in [5.74, 6) is -0.0513. The molecular formula is C9H20N2OS. The summed E-state index contributed by atoms with van der Waals surface area (Å²) in [5, 5.41) is 2.84. The number of nitrogens with two attached hydrogens (primary N) is 1. The van der Waals surface area contributed by atoms with Gasteiger partial charge in [0.05, 0.1) is 6.04 Å². The number of nitrogens with one attached hydrogen (secondary N) is 1. The lowest BCUT2D eigenvalue weighted by atomic mass is 10.2. The first kappa shape index (κ1) is 12.8. The zero-order chi connectivity index (χ0) is 10.5. The second-order valence-electron chi connectivity index (χ2n) is 3.70. The fourth-order valence-electron chi connectivity index (χ4n) is 0.689. The van der Waals surface area contributed by atoms with Gasteiger partial charge in [0.2, 0.25) is 5.91 Å². The minimum Gasteiger partial charge on any atom is -0.353 e. The van der Waals surface area contributed by atoms with Crippen LogP contribution in [0.5, 0.6) is 0 Å². The van der Waals surface area contributed by atoms with Crippen molar-refractivity contribution in [1.82, 2.24) is 5.32 Å². The van der Waals surface area contributed by atoms with Gasteiger partial charge in [-0.2, -0.15) is 11.8 Å². The molecule has 0 aromatic carbocycles. The van der Waals surface area contributed by atoms with Crippen LogP contribution in [0.1, 0.15) is 27.2 Å². The normalized spacial score (nSPS) is 13.9. The van der Waals surface area contributed by atoms with Gasteiger partial charge < -0.3 is 11.1 Å². The summed E-state index contributed by atoms with van der Waals surface area (Å²) in [5.41, 5.74) is 5.57. The Hall–Kier alpha value is -0.220. The van der Waals surface area contributed by atoms with Crippen molar-refractivity contribution in [1.29, 1.82) is 0 Å². The molecule has 0 aromatic heterocycles. The van der Waals surface area contributed by atoms with Gasteiger partial charge in [0.15, 0.2) is 0 Å².